The number of carbonyl (C=O) groups is 12. The molecule has 4 heterocycles. The first-order chi connectivity index (χ1) is 51.9. The van der Waals surface area contributed by atoms with Crippen LogP contribution in [0.2, 0.25) is 0 Å². The van der Waals surface area contributed by atoms with Crippen molar-refractivity contribution in [2.45, 2.75) is 287 Å². The number of nitrogens with zero attached hydrogens (tertiary/aromatic N) is 9. The van der Waals surface area contributed by atoms with Gasteiger partial charge in [-0.15, -0.1) is 0 Å². The second-order valence-corrected chi connectivity index (χ2v) is 34.4. The Hall–Kier alpha value is -6.95. The Morgan fingerprint density at radius 2 is 1.29 bits per heavy atom. The number of alkyl halides is 3. The fourth-order valence-corrected chi connectivity index (χ4v) is 19.1. The summed E-state index contributed by atoms with van der Waals surface area (Å²) in [5.74, 6) is -10.5. The van der Waals surface area contributed by atoms with Crippen molar-refractivity contribution in [2.75, 3.05) is 96.3 Å². The van der Waals surface area contributed by atoms with E-state index < -0.39 is 197 Å². The maximum Gasteiger partial charge on any atom is 0.394 e. The molecule has 3 saturated heterocycles. The summed E-state index contributed by atoms with van der Waals surface area (Å²) in [5, 5.41) is 8.98. The quantitative estimate of drug-likeness (QED) is 0.156. The number of hydrogen-bond acceptors (Lipinski definition) is 15. The van der Waals surface area contributed by atoms with E-state index in [0.717, 1.165) is 38.5 Å². The van der Waals surface area contributed by atoms with Gasteiger partial charge in [0.15, 0.2) is 0 Å². The Bertz CT molecular complexity index is 3300. The predicted molar refractivity (Wildman–Crippen MR) is 404 cm³/mol. The molecule has 3 N–H and O–H groups in total. The van der Waals surface area contributed by atoms with Gasteiger partial charge < -0.3 is 74.3 Å². The summed E-state index contributed by atoms with van der Waals surface area (Å²) in [6.45, 7) is 12.7. The maximum atomic E-state index is 15.9. The highest BCUT2D eigenvalue weighted by atomic mass is 19.4. The van der Waals surface area contributed by atoms with E-state index in [-0.39, 0.29) is 109 Å². The molecule has 110 heavy (non-hydrogen) atoms. The van der Waals surface area contributed by atoms with Crippen molar-refractivity contribution in [1.82, 2.24) is 60.0 Å². The minimum atomic E-state index is -4.53. The zero-order chi connectivity index (χ0) is 81.2. The van der Waals surface area contributed by atoms with E-state index in [2.05, 4.69) is 22.9 Å². The van der Waals surface area contributed by atoms with Crippen LogP contribution in [0.3, 0.4) is 0 Å². The Kier molecular flexibility index (Phi) is 30.8. The molecule has 8 aliphatic rings. The van der Waals surface area contributed by atoms with Crippen molar-refractivity contribution in [1.29, 1.82) is 0 Å². The molecule has 620 valence electrons. The van der Waals surface area contributed by atoms with Crippen molar-refractivity contribution in [3.05, 3.63) is 12.2 Å². The van der Waals surface area contributed by atoms with Crippen LogP contribution in [0.1, 0.15) is 203 Å². The summed E-state index contributed by atoms with van der Waals surface area (Å²) in [5.41, 5.74) is -2.18. The number of rotatable bonds is 15. The van der Waals surface area contributed by atoms with E-state index in [4.69, 9.17) is 14.2 Å². The second-order valence-electron chi connectivity index (χ2n) is 34.4. The van der Waals surface area contributed by atoms with Crippen LogP contribution in [-0.4, -0.2) is 296 Å². The van der Waals surface area contributed by atoms with Crippen LogP contribution in [0.15, 0.2) is 12.2 Å². The van der Waals surface area contributed by atoms with Crippen molar-refractivity contribution >= 4 is 70.9 Å². The number of likely N-dealkylation sites (N-methyl/N-ethyl adjacent to an activating group) is 6. The number of hydrogen-bond donors (Lipinski definition) is 3. The highest BCUT2D eigenvalue weighted by Gasteiger charge is 2.60. The van der Waals surface area contributed by atoms with E-state index in [1.165, 1.54) is 108 Å². The van der Waals surface area contributed by atoms with E-state index in [0.29, 0.717) is 38.0 Å². The van der Waals surface area contributed by atoms with Gasteiger partial charge in [0.2, 0.25) is 70.9 Å². The zero-order valence-corrected chi connectivity index (χ0v) is 68.3. The number of amides is 12. The summed E-state index contributed by atoms with van der Waals surface area (Å²) in [7, 11) is 12.9. The SMILES string of the molecule is CCC[C@H]1C(=O)N[C@@H]([C@@H](C)CC)C(=O)N2C[C@@H](OC)C[C@H]2C(=O)N(C)[C@H]2C/C=C\CCN(C2=O)[C@@H](CC2CCC(C)CC2)C(=O)N(C)CC(=O)N[C@@H](CCC2CCC(C(F)(F)F)C(OC)C2)C(=O)N2C[C@H](OCC)C[C@H]2C(=O)NC2(CC(C)(C)C2)C(=O)N(C)[C@@H](C2CCCC2)C(=O)N(C)[C@H](C(=O)N(C)C)CC(=O)N1C. The topological polar surface area (TPSA) is 298 Å². The van der Waals surface area contributed by atoms with E-state index in [9.17, 15) is 18.0 Å². The summed E-state index contributed by atoms with van der Waals surface area (Å²) in [6, 6.07) is -11.4. The smallest absolute Gasteiger partial charge is 0.381 e. The van der Waals surface area contributed by atoms with E-state index in [1.807, 2.05) is 33.8 Å². The normalized spacial score (nSPS) is 33.1. The van der Waals surface area contributed by atoms with Crippen molar-refractivity contribution < 1.29 is 84.9 Å². The third kappa shape index (κ3) is 20.7. The molecule has 3 unspecified atom stereocenters. The van der Waals surface area contributed by atoms with Crippen LogP contribution < -0.4 is 16.0 Å². The summed E-state index contributed by atoms with van der Waals surface area (Å²) < 4.78 is 60.6. The van der Waals surface area contributed by atoms with Crippen molar-refractivity contribution in [3.63, 3.8) is 0 Å². The highest BCUT2D eigenvalue weighted by Crippen LogP contribution is 2.50. The molecule has 30 heteroatoms. The van der Waals surface area contributed by atoms with Crippen molar-refractivity contribution in [2.24, 2.45) is 40.9 Å². The first kappa shape index (κ1) is 88.6. The number of methoxy groups -OCH3 is 2. The molecular formula is C80H129F3N12O15. The fourth-order valence-electron chi connectivity index (χ4n) is 19.1. The van der Waals surface area contributed by atoms with Crippen molar-refractivity contribution in [3.8, 4) is 0 Å². The van der Waals surface area contributed by atoms with Crippen LogP contribution in [-0.2, 0) is 71.7 Å². The van der Waals surface area contributed by atoms with Gasteiger partial charge in [0.1, 0.15) is 59.9 Å². The lowest BCUT2D eigenvalue weighted by Gasteiger charge is -2.54. The Labute approximate surface area is 649 Å². The lowest BCUT2D eigenvalue weighted by Crippen LogP contribution is -2.71. The minimum Gasteiger partial charge on any atom is -0.381 e. The number of nitrogens with one attached hydrogen (secondary N) is 3. The van der Waals surface area contributed by atoms with Crippen LogP contribution in [0.5, 0.6) is 0 Å². The van der Waals surface area contributed by atoms with E-state index in [1.54, 1.807) is 19.9 Å². The van der Waals surface area contributed by atoms with Gasteiger partial charge in [-0.05, 0) is 125 Å². The highest BCUT2D eigenvalue weighted by molar-refractivity contribution is 6.01. The summed E-state index contributed by atoms with van der Waals surface area (Å²) >= 11 is 0. The number of fused-ring (bicyclic) bond motifs is 4. The maximum absolute atomic E-state index is 15.9. The Balaban J connectivity index is 1.23. The standard InChI is InChI=1S/C80H129F3N12O15/c1-17-25-57-68(98)85-66(49(5)18-2)75(105)95-43-53(108-15)40-62(95)73(103)90(12)58-28-21-20-24-37-93(74(58)104)61(38-50-31-29-48(4)30-32-50)72(102)88(10)45-64(96)84-56(36-34-51-33-35-55(80(81,82)83)63(39-51)109-16)70(100)94-44-54(110-19-3)41-59(94)69(99)86-79(46-78(6,7)47-79)77(107)92(14)67(52-26-22-23-27-52)76(106)91(13)60(71(101)87(8)9)42-65(97)89(57)11/h20-21,48-63,66-67H,17-19,22-47H2,1-16H3,(H,84,96)(H,85,98)(H,86,99)/b21-20-/t48?,49-,50?,51?,53-,54+,55?,56-,57-,58-,59-,60-,61-,62-,63?,66-,67-/m0/s1. The average Bonchev–Trinajstić information content (AvgIpc) is 0.916. The molecular weight excluding hydrogens is 1430 g/mol. The molecule has 0 aromatic rings. The van der Waals surface area contributed by atoms with Gasteiger partial charge >= 0.3 is 6.18 Å². The van der Waals surface area contributed by atoms with Gasteiger partial charge in [-0.3, -0.25) is 57.5 Å². The van der Waals surface area contributed by atoms with Gasteiger partial charge in [0.05, 0.1) is 37.2 Å². The molecule has 15 atom stereocenters. The molecule has 7 fully saturated rings. The molecule has 0 aromatic carbocycles. The molecule has 2 bridgehead atoms. The monoisotopic (exact) mass is 1550 g/mol. The molecule has 4 aliphatic heterocycles. The molecule has 27 nitrogen and oxygen atoms in total. The molecule has 0 aromatic heterocycles. The number of carbonyl (C=O) groups excluding carboxylic acids is 12. The molecule has 1 spiro atoms. The third-order valence-corrected chi connectivity index (χ3v) is 25.7. The van der Waals surface area contributed by atoms with Gasteiger partial charge in [-0.1, -0.05) is 105 Å². The van der Waals surface area contributed by atoms with Crippen LogP contribution >= 0.6 is 0 Å². The minimum absolute atomic E-state index is 0.00762. The Morgan fingerprint density at radius 1 is 0.655 bits per heavy atom. The van der Waals surface area contributed by atoms with Gasteiger partial charge in [-0.25, -0.2) is 0 Å². The molecule has 12 amide bonds. The fraction of sp³-hybridized carbons (Fsp3) is 0.825. The molecule has 8 rings (SSSR count). The van der Waals surface area contributed by atoms with Gasteiger partial charge in [0.25, 0.3) is 0 Å². The molecule has 4 saturated carbocycles. The van der Waals surface area contributed by atoms with Gasteiger partial charge in [0, 0.05) is 103 Å². The first-order valence-corrected chi connectivity index (χ1v) is 40.6. The van der Waals surface area contributed by atoms with E-state index >= 15 is 52.7 Å². The second kappa shape index (κ2) is 38.3. The largest absolute Gasteiger partial charge is 0.394 e. The summed E-state index contributed by atoms with van der Waals surface area (Å²) in [6.07, 6.45) is 3.40. The lowest BCUT2D eigenvalue weighted by molar-refractivity contribution is -0.215. The summed E-state index contributed by atoms with van der Waals surface area (Å²) in [4.78, 5) is 197. The Morgan fingerprint density at radius 3 is 1.89 bits per heavy atom. The lowest BCUT2D eigenvalue weighted by atomic mass is 9.58. The van der Waals surface area contributed by atoms with Crippen LogP contribution in [0.4, 0.5) is 13.2 Å². The molecule has 4 aliphatic carbocycles. The third-order valence-electron chi connectivity index (χ3n) is 25.7. The number of halogens is 3. The average molecular weight is 1560 g/mol. The zero-order valence-electron chi connectivity index (χ0n) is 68.3. The number of ether oxygens (including phenoxy) is 3. The van der Waals surface area contributed by atoms with Crippen LogP contribution in [0.25, 0.3) is 0 Å². The predicted octanol–water partition coefficient (Wildman–Crippen LogP) is 6.09. The molecule has 0 radical (unpaired) electrons. The first-order valence-electron chi connectivity index (χ1n) is 40.6. The van der Waals surface area contributed by atoms with Crippen LogP contribution in [0, 0.1) is 40.9 Å². The van der Waals surface area contributed by atoms with Gasteiger partial charge in [-0.2, -0.15) is 13.2 Å².